The number of nitrogens with zero attached hydrogens (tertiary/aromatic N) is 2. The maximum Gasteiger partial charge on any atom is 0.251 e. The van der Waals surface area contributed by atoms with E-state index in [0.717, 1.165) is 28.1 Å². The van der Waals surface area contributed by atoms with E-state index in [1.165, 1.54) is 0 Å². The minimum atomic E-state index is -0.580. The molecule has 3 N–H and O–H groups in total. The summed E-state index contributed by atoms with van der Waals surface area (Å²) in [5, 5.41) is 19.8. The summed E-state index contributed by atoms with van der Waals surface area (Å²) in [6.07, 6.45) is 0. The van der Waals surface area contributed by atoms with Crippen LogP contribution in [0.5, 0.6) is 0 Å². The minimum Gasteiger partial charge on any atom is -0.395 e. The van der Waals surface area contributed by atoms with Gasteiger partial charge in [0.15, 0.2) is 0 Å². The number of hydrogen-bond acceptors (Lipinski definition) is 4. The predicted molar refractivity (Wildman–Crippen MR) is 108 cm³/mol. The van der Waals surface area contributed by atoms with Crippen molar-refractivity contribution in [2.24, 2.45) is 0 Å². The number of aromatic nitrogens is 2. The van der Waals surface area contributed by atoms with Crippen LogP contribution in [-0.2, 0) is 17.9 Å². The van der Waals surface area contributed by atoms with Crippen LogP contribution >= 0.6 is 0 Å². The molecule has 7 nitrogen and oxygen atoms in total. The van der Waals surface area contributed by atoms with E-state index in [-0.39, 0.29) is 18.4 Å². The number of carbonyl (C=O) groups is 2. The van der Waals surface area contributed by atoms with E-state index in [1.54, 1.807) is 24.1 Å². The fourth-order valence-corrected chi connectivity index (χ4v) is 3.69. The van der Waals surface area contributed by atoms with Crippen LogP contribution in [0, 0.1) is 0 Å². The Bertz CT molecular complexity index is 1030. The van der Waals surface area contributed by atoms with Crippen molar-refractivity contribution in [1.82, 2.24) is 20.4 Å². The van der Waals surface area contributed by atoms with Gasteiger partial charge in [-0.05, 0) is 17.7 Å². The quantitative estimate of drug-likeness (QED) is 0.621. The molecule has 1 aromatic heterocycles. The molecule has 0 spiro atoms. The Hall–Kier alpha value is -3.45. The van der Waals surface area contributed by atoms with E-state index in [0.29, 0.717) is 18.7 Å². The van der Waals surface area contributed by atoms with Crippen molar-refractivity contribution < 1.29 is 14.7 Å². The first kappa shape index (κ1) is 18.9. The Morgan fingerprint density at radius 3 is 2.52 bits per heavy atom. The number of amides is 2. The average molecular weight is 390 g/mol. The molecule has 3 aromatic rings. The highest BCUT2D eigenvalue weighted by atomic mass is 16.3. The van der Waals surface area contributed by atoms with Gasteiger partial charge in [-0.1, -0.05) is 42.5 Å². The molecule has 0 saturated carbocycles. The second kappa shape index (κ2) is 7.89. The topological polar surface area (TPSA) is 98.3 Å². The molecule has 1 unspecified atom stereocenters. The summed E-state index contributed by atoms with van der Waals surface area (Å²) in [6.45, 7) is 0.626. The highest BCUT2D eigenvalue weighted by molar-refractivity contribution is 5.94. The van der Waals surface area contributed by atoms with Crippen LogP contribution in [0.1, 0.15) is 33.1 Å². The van der Waals surface area contributed by atoms with Gasteiger partial charge in [0.05, 0.1) is 37.0 Å². The van der Waals surface area contributed by atoms with Crippen LogP contribution in [0.25, 0.3) is 11.3 Å². The molecule has 7 heteroatoms. The SMILES string of the molecule is CNC(=O)c1ccc(-c2n[nH]c3c2CN(C(=O)C(CO)c2ccccc2)C3)cc1. The van der Waals surface area contributed by atoms with Crippen molar-refractivity contribution in [3.05, 3.63) is 77.0 Å². The fraction of sp³-hybridized carbons (Fsp3) is 0.227. The molecule has 2 amide bonds. The lowest BCUT2D eigenvalue weighted by molar-refractivity contribution is -0.134. The maximum atomic E-state index is 13.0. The zero-order valence-electron chi connectivity index (χ0n) is 16.1. The standard InChI is InChI=1S/C22H22N4O3/c1-23-21(28)16-9-7-15(8-10-16)20-17-11-26(12-19(17)24-25-20)22(29)18(13-27)14-5-3-2-4-6-14/h2-10,18,27H,11-13H2,1H3,(H,23,28)(H,24,25). The van der Waals surface area contributed by atoms with Gasteiger partial charge >= 0.3 is 0 Å². The molecule has 0 saturated heterocycles. The fourth-order valence-electron chi connectivity index (χ4n) is 3.69. The van der Waals surface area contributed by atoms with Crippen LogP contribution in [0.15, 0.2) is 54.6 Å². The highest BCUT2D eigenvalue weighted by Crippen LogP contribution is 2.32. The van der Waals surface area contributed by atoms with Crippen LogP contribution < -0.4 is 5.32 Å². The molecule has 1 aliphatic rings. The number of benzene rings is 2. The van der Waals surface area contributed by atoms with Crippen LogP contribution in [0.4, 0.5) is 0 Å². The summed E-state index contributed by atoms with van der Waals surface area (Å²) in [5.41, 5.74) is 4.90. The third-order valence-corrected chi connectivity index (χ3v) is 5.29. The molecule has 4 rings (SSSR count). The van der Waals surface area contributed by atoms with Crippen molar-refractivity contribution in [3.8, 4) is 11.3 Å². The maximum absolute atomic E-state index is 13.0. The van der Waals surface area contributed by atoms with E-state index in [1.807, 2.05) is 42.5 Å². The number of rotatable bonds is 5. The number of fused-ring (bicyclic) bond motifs is 1. The summed E-state index contributed by atoms with van der Waals surface area (Å²) in [5.74, 6) is -0.829. The van der Waals surface area contributed by atoms with E-state index in [4.69, 9.17) is 0 Å². The number of aliphatic hydroxyl groups excluding tert-OH is 1. The number of H-pyrrole nitrogens is 1. The molecule has 148 valence electrons. The Balaban J connectivity index is 1.54. The number of nitrogens with one attached hydrogen (secondary N) is 2. The number of carbonyl (C=O) groups excluding carboxylic acids is 2. The van der Waals surface area contributed by atoms with Crippen molar-refractivity contribution >= 4 is 11.8 Å². The summed E-state index contributed by atoms with van der Waals surface area (Å²) in [4.78, 5) is 26.5. The zero-order chi connectivity index (χ0) is 20.4. The molecule has 0 bridgehead atoms. The third-order valence-electron chi connectivity index (χ3n) is 5.29. The van der Waals surface area contributed by atoms with Crippen LogP contribution in [0.2, 0.25) is 0 Å². The Labute approximate surface area is 168 Å². The number of aromatic amines is 1. The molecule has 0 fully saturated rings. The number of aliphatic hydroxyl groups is 1. The van der Waals surface area contributed by atoms with Gasteiger partial charge in [-0.2, -0.15) is 5.10 Å². The molecule has 1 atom stereocenters. The lowest BCUT2D eigenvalue weighted by Crippen LogP contribution is -2.32. The minimum absolute atomic E-state index is 0.107. The first-order valence-corrected chi connectivity index (χ1v) is 9.45. The summed E-state index contributed by atoms with van der Waals surface area (Å²) < 4.78 is 0. The van der Waals surface area contributed by atoms with Gasteiger partial charge in [0.1, 0.15) is 0 Å². The second-order valence-electron chi connectivity index (χ2n) is 7.03. The van der Waals surface area contributed by atoms with Gasteiger partial charge in [-0.15, -0.1) is 0 Å². The summed E-state index contributed by atoms with van der Waals surface area (Å²) >= 11 is 0. The molecular weight excluding hydrogens is 368 g/mol. The third kappa shape index (κ3) is 3.52. The van der Waals surface area contributed by atoms with Crippen molar-refractivity contribution in [2.75, 3.05) is 13.7 Å². The number of hydrogen-bond donors (Lipinski definition) is 3. The Kier molecular flexibility index (Phi) is 5.14. The monoisotopic (exact) mass is 390 g/mol. The molecule has 1 aliphatic heterocycles. The first-order chi connectivity index (χ1) is 14.1. The van der Waals surface area contributed by atoms with Gasteiger partial charge < -0.3 is 15.3 Å². The highest BCUT2D eigenvalue weighted by Gasteiger charge is 2.32. The zero-order valence-corrected chi connectivity index (χ0v) is 16.1. The smallest absolute Gasteiger partial charge is 0.251 e. The van der Waals surface area contributed by atoms with Crippen molar-refractivity contribution in [1.29, 1.82) is 0 Å². The lowest BCUT2D eigenvalue weighted by atomic mass is 9.98. The van der Waals surface area contributed by atoms with Crippen LogP contribution in [0.3, 0.4) is 0 Å². The summed E-state index contributed by atoms with van der Waals surface area (Å²) in [6, 6.07) is 16.5. The molecular formula is C22H22N4O3. The molecule has 29 heavy (non-hydrogen) atoms. The molecule has 2 aromatic carbocycles. The Morgan fingerprint density at radius 2 is 1.86 bits per heavy atom. The van der Waals surface area contributed by atoms with Gasteiger partial charge in [0, 0.05) is 23.7 Å². The normalized spacial score (nSPS) is 13.8. The lowest BCUT2D eigenvalue weighted by Gasteiger charge is -2.22. The van der Waals surface area contributed by atoms with Gasteiger partial charge in [-0.25, -0.2) is 0 Å². The van der Waals surface area contributed by atoms with E-state index in [9.17, 15) is 14.7 Å². The summed E-state index contributed by atoms with van der Waals surface area (Å²) in [7, 11) is 1.59. The van der Waals surface area contributed by atoms with E-state index in [2.05, 4.69) is 15.5 Å². The Morgan fingerprint density at radius 1 is 1.14 bits per heavy atom. The second-order valence-corrected chi connectivity index (χ2v) is 7.03. The molecule has 2 heterocycles. The van der Waals surface area contributed by atoms with E-state index >= 15 is 0 Å². The largest absolute Gasteiger partial charge is 0.395 e. The van der Waals surface area contributed by atoms with Gasteiger partial charge in [0.25, 0.3) is 5.91 Å². The first-order valence-electron chi connectivity index (χ1n) is 9.45. The van der Waals surface area contributed by atoms with Crippen LogP contribution in [-0.4, -0.2) is 45.7 Å². The van der Waals surface area contributed by atoms with Crippen molar-refractivity contribution in [3.63, 3.8) is 0 Å². The van der Waals surface area contributed by atoms with E-state index < -0.39 is 5.92 Å². The van der Waals surface area contributed by atoms with Gasteiger partial charge in [0.2, 0.25) is 5.91 Å². The molecule has 0 aliphatic carbocycles. The van der Waals surface area contributed by atoms with Gasteiger partial charge in [-0.3, -0.25) is 14.7 Å². The average Bonchev–Trinajstić information content (AvgIpc) is 3.35. The molecule has 0 radical (unpaired) electrons. The van der Waals surface area contributed by atoms with Crippen molar-refractivity contribution in [2.45, 2.75) is 19.0 Å². The predicted octanol–water partition coefficient (Wildman–Crippen LogP) is 2.05.